The van der Waals surface area contributed by atoms with E-state index in [0.717, 1.165) is 0 Å². The van der Waals surface area contributed by atoms with E-state index in [-0.39, 0.29) is 12.6 Å². The average Bonchev–Trinajstić information content (AvgIpc) is 2.54. The number of carbonyl (C=O) groups is 1. The second kappa shape index (κ2) is 7.78. The lowest BCUT2D eigenvalue weighted by molar-refractivity contribution is 0.251. The van der Waals surface area contributed by atoms with Crippen molar-refractivity contribution in [2.45, 2.75) is 6.54 Å². The number of nitrogens with zero attached hydrogens (tertiary/aromatic N) is 5. The van der Waals surface area contributed by atoms with E-state index >= 15 is 0 Å². The summed E-state index contributed by atoms with van der Waals surface area (Å²) in [6.07, 6.45) is 0. The zero-order valence-corrected chi connectivity index (χ0v) is 14.8. The van der Waals surface area contributed by atoms with Gasteiger partial charge in [0.25, 0.3) is 0 Å². The Balaban J connectivity index is 2.05. The summed E-state index contributed by atoms with van der Waals surface area (Å²) in [5.74, 6) is 1.51. The number of hydrogen-bond acceptors (Lipinski definition) is 6. The summed E-state index contributed by atoms with van der Waals surface area (Å²) in [7, 11) is 7.37. The highest BCUT2D eigenvalue weighted by Crippen LogP contribution is 2.20. The number of nitrogens with one attached hydrogen (secondary N) is 2. The molecule has 2 amide bonds. The number of benzene rings is 1. The number of rotatable bonds is 5. The van der Waals surface area contributed by atoms with Crippen LogP contribution in [0.25, 0.3) is 0 Å². The van der Waals surface area contributed by atoms with Gasteiger partial charge in [0.05, 0.1) is 17.3 Å². The molecule has 1 aromatic carbocycles. The van der Waals surface area contributed by atoms with Gasteiger partial charge in [0.1, 0.15) is 0 Å². The van der Waals surface area contributed by atoms with Crippen molar-refractivity contribution in [1.82, 2.24) is 20.3 Å². The summed E-state index contributed by atoms with van der Waals surface area (Å²) < 4.78 is 0. The van der Waals surface area contributed by atoms with Gasteiger partial charge in [-0.3, -0.25) is 0 Å². The van der Waals surface area contributed by atoms with E-state index in [4.69, 9.17) is 11.6 Å². The van der Waals surface area contributed by atoms with Crippen molar-refractivity contribution in [3.05, 3.63) is 35.1 Å². The molecule has 0 aliphatic heterocycles. The normalized spacial score (nSPS) is 10.2. The van der Waals surface area contributed by atoms with Crippen molar-refractivity contribution in [2.24, 2.45) is 0 Å². The fraction of sp³-hybridized carbons (Fsp3) is 0.333. The largest absolute Gasteiger partial charge is 0.347 e. The first-order chi connectivity index (χ1) is 11.4. The predicted octanol–water partition coefficient (Wildman–Crippen LogP) is 1.98. The highest BCUT2D eigenvalue weighted by molar-refractivity contribution is 6.33. The third-order valence-electron chi connectivity index (χ3n) is 2.99. The molecule has 2 rings (SSSR count). The van der Waals surface area contributed by atoms with Gasteiger partial charge in [-0.1, -0.05) is 23.7 Å². The molecule has 0 saturated heterocycles. The van der Waals surface area contributed by atoms with Gasteiger partial charge in [-0.25, -0.2) is 4.79 Å². The lowest BCUT2D eigenvalue weighted by Crippen LogP contribution is -2.30. The minimum atomic E-state index is -0.388. The maximum Gasteiger partial charge on any atom is 0.319 e. The third kappa shape index (κ3) is 4.69. The van der Waals surface area contributed by atoms with Gasteiger partial charge in [-0.05, 0) is 12.1 Å². The molecule has 1 aromatic heterocycles. The highest BCUT2D eigenvalue weighted by Gasteiger charge is 2.11. The van der Waals surface area contributed by atoms with Gasteiger partial charge < -0.3 is 20.4 Å². The summed E-state index contributed by atoms with van der Waals surface area (Å²) in [6, 6.07) is 6.62. The summed E-state index contributed by atoms with van der Waals surface area (Å²) in [5.41, 5.74) is 0.537. The van der Waals surface area contributed by atoms with E-state index in [0.29, 0.717) is 28.4 Å². The molecule has 0 atom stereocenters. The molecule has 128 valence electrons. The Hall–Kier alpha value is -2.61. The standard InChI is InChI=1S/C15H20ClN7O/c1-22(2)13-19-12(20-14(21-13)23(3)4)9-17-15(24)18-11-8-6-5-7-10(11)16/h5-8H,9H2,1-4H3,(H2,17,18,24). The molecule has 2 aromatic rings. The molecule has 0 saturated carbocycles. The first-order valence-electron chi connectivity index (χ1n) is 7.26. The first-order valence-corrected chi connectivity index (χ1v) is 7.63. The van der Waals surface area contributed by atoms with Crippen LogP contribution in [-0.4, -0.2) is 49.2 Å². The van der Waals surface area contributed by atoms with Gasteiger partial charge in [-0.2, -0.15) is 15.0 Å². The molecule has 9 heteroatoms. The maximum absolute atomic E-state index is 12.0. The van der Waals surface area contributed by atoms with Crippen LogP contribution < -0.4 is 20.4 Å². The van der Waals surface area contributed by atoms with Crippen LogP contribution in [0.1, 0.15) is 5.82 Å². The van der Waals surface area contributed by atoms with E-state index in [2.05, 4.69) is 25.6 Å². The Morgan fingerprint density at radius 1 is 1.04 bits per heavy atom. The van der Waals surface area contributed by atoms with Gasteiger partial charge in [-0.15, -0.1) is 0 Å². The van der Waals surface area contributed by atoms with Crippen molar-refractivity contribution in [1.29, 1.82) is 0 Å². The Kier molecular flexibility index (Phi) is 5.75. The summed E-state index contributed by atoms with van der Waals surface area (Å²) in [4.78, 5) is 28.5. The zero-order chi connectivity index (χ0) is 17.7. The number of carbonyl (C=O) groups excluding carboxylic acids is 1. The van der Waals surface area contributed by atoms with Gasteiger partial charge in [0, 0.05) is 28.2 Å². The minimum absolute atomic E-state index is 0.167. The van der Waals surface area contributed by atoms with Crippen LogP contribution in [0.5, 0.6) is 0 Å². The summed E-state index contributed by atoms with van der Waals surface area (Å²) in [5, 5.41) is 5.86. The molecule has 0 spiro atoms. The molecule has 2 N–H and O–H groups in total. The van der Waals surface area contributed by atoms with Crippen molar-refractivity contribution in [3.8, 4) is 0 Å². The van der Waals surface area contributed by atoms with Gasteiger partial charge in [0.15, 0.2) is 5.82 Å². The van der Waals surface area contributed by atoms with Gasteiger partial charge in [0.2, 0.25) is 11.9 Å². The van der Waals surface area contributed by atoms with E-state index in [1.807, 2.05) is 28.2 Å². The highest BCUT2D eigenvalue weighted by atomic mass is 35.5. The molecule has 0 aliphatic carbocycles. The van der Waals surface area contributed by atoms with Crippen LogP contribution in [0.15, 0.2) is 24.3 Å². The van der Waals surface area contributed by atoms with E-state index < -0.39 is 0 Å². The average molecular weight is 350 g/mol. The molecular weight excluding hydrogens is 330 g/mol. The molecular formula is C15H20ClN7O. The second-order valence-corrected chi connectivity index (χ2v) is 5.84. The topological polar surface area (TPSA) is 86.3 Å². The third-order valence-corrected chi connectivity index (χ3v) is 3.32. The SMILES string of the molecule is CN(C)c1nc(CNC(=O)Nc2ccccc2Cl)nc(N(C)C)n1. The lowest BCUT2D eigenvalue weighted by atomic mass is 10.3. The van der Waals surface area contributed by atoms with Crippen LogP contribution in [0.2, 0.25) is 5.02 Å². The summed E-state index contributed by atoms with van der Waals surface area (Å²) >= 11 is 6.01. The molecule has 24 heavy (non-hydrogen) atoms. The lowest BCUT2D eigenvalue weighted by Gasteiger charge is -2.16. The van der Waals surface area contributed by atoms with E-state index in [1.165, 1.54) is 0 Å². The predicted molar refractivity (Wildman–Crippen MR) is 95.8 cm³/mol. The quantitative estimate of drug-likeness (QED) is 0.858. The Morgan fingerprint density at radius 3 is 2.17 bits per heavy atom. The minimum Gasteiger partial charge on any atom is -0.347 e. The van der Waals surface area contributed by atoms with Crippen molar-refractivity contribution >= 4 is 35.2 Å². The van der Waals surface area contributed by atoms with Crippen LogP contribution in [0.3, 0.4) is 0 Å². The molecule has 0 bridgehead atoms. The Morgan fingerprint density at radius 2 is 1.62 bits per heavy atom. The number of halogens is 1. The Labute approximate surface area is 145 Å². The molecule has 0 fully saturated rings. The molecule has 0 radical (unpaired) electrons. The smallest absolute Gasteiger partial charge is 0.319 e. The summed E-state index contributed by atoms with van der Waals surface area (Å²) in [6.45, 7) is 0.167. The zero-order valence-electron chi connectivity index (χ0n) is 14.0. The van der Waals surface area contributed by atoms with Crippen LogP contribution in [0.4, 0.5) is 22.4 Å². The molecule has 1 heterocycles. The Bertz CT molecular complexity index is 694. The molecule has 0 unspecified atom stereocenters. The number of anilines is 3. The van der Waals surface area contributed by atoms with E-state index in [9.17, 15) is 4.79 Å². The van der Waals surface area contributed by atoms with Crippen molar-refractivity contribution in [3.63, 3.8) is 0 Å². The second-order valence-electron chi connectivity index (χ2n) is 5.43. The van der Waals surface area contributed by atoms with Crippen LogP contribution in [0, 0.1) is 0 Å². The van der Waals surface area contributed by atoms with Crippen molar-refractivity contribution in [2.75, 3.05) is 43.3 Å². The number of hydrogen-bond donors (Lipinski definition) is 2. The fourth-order valence-corrected chi connectivity index (χ4v) is 1.95. The van der Waals surface area contributed by atoms with E-state index in [1.54, 1.807) is 34.1 Å². The fourth-order valence-electron chi connectivity index (χ4n) is 1.76. The van der Waals surface area contributed by atoms with Crippen LogP contribution >= 0.6 is 11.6 Å². The monoisotopic (exact) mass is 349 g/mol. The molecule has 0 aliphatic rings. The number of urea groups is 1. The van der Waals surface area contributed by atoms with Gasteiger partial charge >= 0.3 is 6.03 Å². The van der Waals surface area contributed by atoms with Crippen molar-refractivity contribution < 1.29 is 4.79 Å². The van der Waals surface area contributed by atoms with Crippen LogP contribution in [-0.2, 0) is 6.54 Å². The first kappa shape index (κ1) is 17.7. The molecule has 8 nitrogen and oxygen atoms in total. The maximum atomic E-state index is 12.0. The number of aromatic nitrogens is 3. The number of amides is 2. The number of para-hydroxylation sites is 1.